The summed E-state index contributed by atoms with van der Waals surface area (Å²) in [5.41, 5.74) is 3.08. The highest BCUT2D eigenvalue weighted by Gasteiger charge is 2.22. The second-order valence-electron chi connectivity index (χ2n) is 7.28. The normalized spacial score (nSPS) is 13.0. The highest BCUT2D eigenvalue weighted by Crippen LogP contribution is 2.16. The first kappa shape index (κ1) is 22.2. The molecule has 0 atom stereocenters. The molecule has 2 aromatic rings. The van der Waals surface area contributed by atoms with Gasteiger partial charge in [-0.1, -0.05) is 30.3 Å². The number of rotatable bonds is 8. The number of carbonyl (C=O) groups is 3. The van der Waals surface area contributed by atoms with E-state index in [1.165, 1.54) is 5.01 Å². The second-order valence-corrected chi connectivity index (χ2v) is 7.28. The van der Waals surface area contributed by atoms with Crippen molar-refractivity contribution in [1.29, 1.82) is 0 Å². The summed E-state index contributed by atoms with van der Waals surface area (Å²) in [6.45, 7) is 5.71. The molecule has 7 heteroatoms. The van der Waals surface area contributed by atoms with Gasteiger partial charge in [-0.15, -0.1) is 0 Å². The summed E-state index contributed by atoms with van der Waals surface area (Å²) in [4.78, 5) is 38.7. The molecule has 162 valence electrons. The lowest BCUT2D eigenvalue weighted by Gasteiger charge is -2.18. The van der Waals surface area contributed by atoms with Crippen LogP contribution < -0.4 is 5.32 Å². The molecule has 0 unspecified atom stereocenters. The Kier molecular flexibility index (Phi) is 7.54. The molecule has 3 rings (SSSR count). The van der Waals surface area contributed by atoms with E-state index >= 15 is 0 Å². The minimum absolute atomic E-state index is 0.0329. The molecule has 0 radical (unpaired) electrons. The Labute approximate surface area is 182 Å². The summed E-state index contributed by atoms with van der Waals surface area (Å²) in [6, 6.07) is 16.6. The van der Waals surface area contributed by atoms with Gasteiger partial charge in [0, 0.05) is 43.6 Å². The van der Waals surface area contributed by atoms with Crippen LogP contribution in [-0.2, 0) is 9.59 Å². The average molecular weight is 421 g/mol. The van der Waals surface area contributed by atoms with Gasteiger partial charge in [0.15, 0.2) is 0 Å². The predicted octanol–water partition coefficient (Wildman–Crippen LogP) is 3.52. The van der Waals surface area contributed by atoms with E-state index < -0.39 is 0 Å². The van der Waals surface area contributed by atoms with Crippen molar-refractivity contribution in [3.05, 3.63) is 65.7 Å². The summed E-state index contributed by atoms with van der Waals surface area (Å²) in [5, 5.41) is 8.63. The molecule has 1 aliphatic rings. The van der Waals surface area contributed by atoms with Gasteiger partial charge >= 0.3 is 0 Å². The maximum atomic E-state index is 12.4. The van der Waals surface area contributed by atoms with Crippen molar-refractivity contribution in [1.82, 2.24) is 9.91 Å². The molecular formula is C24H28N4O3. The Balaban J connectivity index is 1.48. The van der Waals surface area contributed by atoms with Crippen LogP contribution in [0.4, 0.5) is 5.69 Å². The number of nitrogens with zero attached hydrogens (tertiary/aromatic N) is 3. The number of anilines is 1. The molecule has 2 aromatic carbocycles. The summed E-state index contributed by atoms with van der Waals surface area (Å²) >= 11 is 0. The molecule has 0 bridgehead atoms. The van der Waals surface area contributed by atoms with Gasteiger partial charge in [0.25, 0.3) is 5.91 Å². The molecule has 0 fully saturated rings. The lowest BCUT2D eigenvalue weighted by molar-refractivity contribution is -0.132. The number of hydrogen-bond donors (Lipinski definition) is 1. The van der Waals surface area contributed by atoms with E-state index in [1.807, 2.05) is 44.2 Å². The molecular weight excluding hydrogens is 392 g/mol. The first-order valence-corrected chi connectivity index (χ1v) is 10.6. The average Bonchev–Trinajstić information content (AvgIpc) is 3.30. The standard InChI is InChI=1S/C24H28N4O3/c1-3-27(4-2)24(31)19-10-12-20(13-11-19)25-22(29)14-15-23(30)28-17-16-21(26-28)18-8-6-5-7-9-18/h5-13H,3-4,14-17H2,1-2H3,(H,25,29). The number of carbonyl (C=O) groups excluding carboxylic acids is 3. The van der Waals surface area contributed by atoms with Gasteiger partial charge < -0.3 is 10.2 Å². The quantitative estimate of drug-likeness (QED) is 0.709. The molecule has 0 spiro atoms. The van der Waals surface area contributed by atoms with E-state index in [4.69, 9.17) is 0 Å². The van der Waals surface area contributed by atoms with Crippen molar-refractivity contribution in [3.8, 4) is 0 Å². The fraction of sp³-hybridized carbons (Fsp3) is 0.333. The number of nitrogens with one attached hydrogen (secondary N) is 1. The minimum Gasteiger partial charge on any atom is -0.339 e. The van der Waals surface area contributed by atoms with Crippen LogP contribution >= 0.6 is 0 Å². The summed E-state index contributed by atoms with van der Waals surface area (Å²) in [6.07, 6.45) is 0.877. The van der Waals surface area contributed by atoms with Gasteiger partial charge in [0.05, 0.1) is 12.3 Å². The van der Waals surface area contributed by atoms with Crippen LogP contribution in [0.5, 0.6) is 0 Å². The Hall–Kier alpha value is -3.48. The summed E-state index contributed by atoms with van der Waals surface area (Å²) in [5.74, 6) is -0.446. The Morgan fingerprint density at radius 3 is 2.29 bits per heavy atom. The lowest BCUT2D eigenvalue weighted by atomic mass is 10.1. The molecule has 3 amide bonds. The van der Waals surface area contributed by atoms with Crippen LogP contribution in [0, 0.1) is 0 Å². The Morgan fingerprint density at radius 1 is 0.968 bits per heavy atom. The third kappa shape index (κ3) is 5.78. The zero-order valence-electron chi connectivity index (χ0n) is 18.0. The molecule has 1 heterocycles. The maximum absolute atomic E-state index is 12.4. The van der Waals surface area contributed by atoms with Gasteiger partial charge in [-0.25, -0.2) is 5.01 Å². The molecule has 0 saturated carbocycles. The zero-order valence-corrected chi connectivity index (χ0v) is 18.0. The Bertz CT molecular complexity index is 951. The molecule has 1 N–H and O–H groups in total. The summed E-state index contributed by atoms with van der Waals surface area (Å²) < 4.78 is 0. The molecule has 0 aliphatic carbocycles. The Morgan fingerprint density at radius 2 is 1.65 bits per heavy atom. The van der Waals surface area contributed by atoms with Gasteiger partial charge in [-0.05, 0) is 43.7 Å². The van der Waals surface area contributed by atoms with Crippen molar-refractivity contribution < 1.29 is 14.4 Å². The first-order chi connectivity index (χ1) is 15.0. The fourth-order valence-corrected chi connectivity index (χ4v) is 3.43. The third-order valence-electron chi connectivity index (χ3n) is 5.23. The van der Waals surface area contributed by atoms with Gasteiger partial charge in [-0.3, -0.25) is 14.4 Å². The highest BCUT2D eigenvalue weighted by molar-refractivity contribution is 6.03. The van der Waals surface area contributed by atoms with E-state index in [-0.39, 0.29) is 30.6 Å². The number of benzene rings is 2. The van der Waals surface area contributed by atoms with E-state index in [0.29, 0.717) is 37.3 Å². The minimum atomic E-state index is -0.248. The van der Waals surface area contributed by atoms with E-state index in [2.05, 4.69) is 10.4 Å². The smallest absolute Gasteiger partial charge is 0.253 e. The molecule has 0 saturated heterocycles. The van der Waals surface area contributed by atoms with Crippen molar-refractivity contribution >= 4 is 29.1 Å². The summed E-state index contributed by atoms with van der Waals surface area (Å²) in [7, 11) is 0. The zero-order chi connectivity index (χ0) is 22.2. The topological polar surface area (TPSA) is 82.1 Å². The van der Waals surface area contributed by atoms with E-state index in [1.54, 1.807) is 29.2 Å². The van der Waals surface area contributed by atoms with Crippen LogP contribution in [0.25, 0.3) is 0 Å². The SMILES string of the molecule is CCN(CC)C(=O)c1ccc(NC(=O)CCC(=O)N2CCC(c3ccccc3)=N2)cc1. The molecule has 1 aliphatic heterocycles. The second kappa shape index (κ2) is 10.5. The molecule has 0 aromatic heterocycles. The van der Waals surface area contributed by atoms with Gasteiger partial charge in [-0.2, -0.15) is 5.10 Å². The van der Waals surface area contributed by atoms with Gasteiger partial charge in [0.1, 0.15) is 0 Å². The highest BCUT2D eigenvalue weighted by atomic mass is 16.2. The lowest BCUT2D eigenvalue weighted by Crippen LogP contribution is -2.30. The van der Waals surface area contributed by atoms with Crippen LogP contribution in [-0.4, -0.2) is 53.0 Å². The van der Waals surface area contributed by atoms with Crippen molar-refractivity contribution in [2.45, 2.75) is 33.1 Å². The number of amides is 3. The first-order valence-electron chi connectivity index (χ1n) is 10.6. The van der Waals surface area contributed by atoms with Crippen molar-refractivity contribution in [3.63, 3.8) is 0 Å². The van der Waals surface area contributed by atoms with Crippen LogP contribution in [0.2, 0.25) is 0 Å². The maximum Gasteiger partial charge on any atom is 0.253 e. The monoisotopic (exact) mass is 420 g/mol. The van der Waals surface area contributed by atoms with Crippen molar-refractivity contribution in [2.24, 2.45) is 5.10 Å². The van der Waals surface area contributed by atoms with E-state index in [9.17, 15) is 14.4 Å². The third-order valence-corrected chi connectivity index (χ3v) is 5.23. The number of hydrazone groups is 1. The molecule has 31 heavy (non-hydrogen) atoms. The van der Waals surface area contributed by atoms with Crippen molar-refractivity contribution in [2.75, 3.05) is 25.0 Å². The van der Waals surface area contributed by atoms with Gasteiger partial charge in [0.2, 0.25) is 11.8 Å². The fourth-order valence-electron chi connectivity index (χ4n) is 3.43. The van der Waals surface area contributed by atoms with Crippen LogP contribution in [0.3, 0.4) is 0 Å². The largest absolute Gasteiger partial charge is 0.339 e. The van der Waals surface area contributed by atoms with Crippen LogP contribution in [0.15, 0.2) is 59.7 Å². The molecule has 7 nitrogen and oxygen atoms in total. The predicted molar refractivity (Wildman–Crippen MR) is 121 cm³/mol. The number of hydrogen-bond acceptors (Lipinski definition) is 4. The van der Waals surface area contributed by atoms with Crippen LogP contribution in [0.1, 0.15) is 49.0 Å². The van der Waals surface area contributed by atoms with E-state index in [0.717, 1.165) is 11.3 Å².